The van der Waals surface area contributed by atoms with Gasteiger partial charge in [0, 0.05) is 44.4 Å². The quantitative estimate of drug-likeness (QED) is 0.358. The number of amides is 1. The number of anilines is 1. The van der Waals surface area contributed by atoms with E-state index >= 15 is 0 Å². The van der Waals surface area contributed by atoms with Crippen molar-refractivity contribution in [2.45, 2.75) is 13.8 Å². The molecule has 0 spiro atoms. The molecule has 2 heterocycles. The highest BCUT2D eigenvalue weighted by Crippen LogP contribution is 2.32. The maximum atomic E-state index is 12.5. The van der Waals surface area contributed by atoms with Gasteiger partial charge in [-0.25, -0.2) is 4.98 Å². The van der Waals surface area contributed by atoms with Crippen LogP contribution in [0.2, 0.25) is 0 Å². The SMILES string of the molecule is Cc1cc(C)c2sc(N3CCN(C(=O)/C=C\c4ccc([N+](=O)[O-])cc4)CC3)nc2c1. The van der Waals surface area contributed by atoms with E-state index < -0.39 is 4.92 Å². The number of carbonyl (C=O) groups is 1. The second-order valence-corrected chi connectivity index (χ2v) is 8.40. The first-order valence-electron chi connectivity index (χ1n) is 9.75. The number of nitrogens with zero attached hydrogens (tertiary/aromatic N) is 4. The average molecular weight is 423 g/mol. The number of aryl methyl sites for hydroxylation is 2. The van der Waals surface area contributed by atoms with Crippen molar-refractivity contribution in [2.24, 2.45) is 0 Å². The maximum Gasteiger partial charge on any atom is 0.269 e. The molecule has 1 saturated heterocycles. The van der Waals surface area contributed by atoms with Gasteiger partial charge in [-0.1, -0.05) is 17.4 Å². The highest BCUT2D eigenvalue weighted by Gasteiger charge is 2.22. The number of carbonyl (C=O) groups excluding carboxylic acids is 1. The Hall–Kier alpha value is -3.26. The molecule has 0 saturated carbocycles. The van der Waals surface area contributed by atoms with E-state index in [4.69, 9.17) is 4.98 Å². The summed E-state index contributed by atoms with van der Waals surface area (Å²) in [4.78, 5) is 31.7. The van der Waals surface area contributed by atoms with Crippen molar-refractivity contribution in [1.29, 1.82) is 0 Å². The Kier molecular flexibility index (Phi) is 5.50. The molecule has 4 rings (SSSR count). The second kappa shape index (κ2) is 8.23. The standard InChI is InChI=1S/C22H22N4O3S/c1-15-13-16(2)21-19(14-15)23-22(30-21)25-11-9-24(10-12-25)20(27)8-5-17-3-6-18(7-4-17)26(28)29/h3-8,13-14H,9-12H2,1-2H3/b8-5-. The zero-order chi connectivity index (χ0) is 21.3. The van der Waals surface area contributed by atoms with Crippen LogP contribution >= 0.6 is 11.3 Å². The zero-order valence-electron chi connectivity index (χ0n) is 16.9. The fraction of sp³-hybridized carbons (Fsp3) is 0.273. The molecule has 154 valence electrons. The van der Waals surface area contributed by atoms with Gasteiger partial charge in [-0.2, -0.15) is 0 Å². The Balaban J connectivity index is 1.37. The predicted molar refractivity (Wildman–Crippen MR) is 120 cm³/mol. The Bertz CT molecular complexity index is 1130. The minimum Gasteiger partial charge on any atom is -0.345 e. The molecule has 0 atom stereocenters. The van der Waals surface area contributed by atoms with E-state index in [0.717, 1.165) is 29.3 Å². The minimum atomic E-state index is -0.438. The number of hydrogen-bond donors (Lipinski definition) is 0. The number of aromatic nitrogens is 1. The lowest BCUT2D eigenvalue weighted by Gasteiger charge is -2.34. The topological polar surface area (TPSA) is 79.6 Å². The molecule has 7 nitrogen and oxygen atoms in total. The van der Waals surface area contributed by atoms with Crippen molar-refractivity contribution in [3.05, 3.63) is 69.3 Å². The molecular weight excluding hydrogens is 400 g/mol. The Labute approximate surface area is 178 Å². The van der Waals surface area contributed by atoms with Gasteiger partial charge in [-0.15, -0.1) is 0 Å². The number of hydrogen-bond acceptors (Lipinski definition) is 6. The van der Waals surface area contributed by atoms with Gasteiger partial charge in [0.05, 0.1) is 15.1 Å². The van der Waals surface area contributed by atoms with E-state index in [2.05, 4.69) is 30.9 Å². The third kappa shape index (κ3) is 4.18. The predicted octanol–water partition coefficient (Wildman–Crippen LogP) is 4.18. The van der Waals surface area contributed by atoms with Gasteiger partial charge < -0.3 is 9.80 Å². The number of nitro benzene ring substituents is 1. The van der Waals surface area contributed by atoms with Crippen LogP contribution in [0.3, 0.4) is 0 Å². The molecule has 30 heavy (non-hydrogen) atoms. The van der Waals surface area contributed by atoms with Crippen LogP contribution in [0, 0.1) is 24.0 Å². The van der Waals surface area contributed by atoms with Crippen molar-refractivity contribution in [3.8, 4) is 0 Å². The smallest absolute Gasteiger partial charge is 0.269 e. The summed E-state index contributed by atoms with van der Waals surface area (Å²) in [7, 11) is 0. The van der Waals surface area contributed by atoms with Gasteiger partial charge in [0.25, 0.3) is 5.69 Å². The molecule has 1 aliphatic heterocycles. The van der Waals surface area contributed by atoms with Crippen LogP contribution in [0.5, 0.6) is 0 Å². The van der Waals surface area contributed by atoms with E-state index in [1.54, 1.807) is 29.5 Å². The Morgan fingerprint density at radius 3 is 2.50 bits per heavy atom. The van der Waals surface area contributed by atoms with Gasteiger partial charge in [0.15, 0.2) is 5.13 Å². The molecule has 0 N–H and O–H groups in total. The van der Waals surface area contributed by atoms with Gasteiger partial charge >= 0.3 is 0 Å². The first-order valence-corrected chi connectivity index (χ1v) is 10.6. The largest absolute Gasteiger partial charge is 0.345 e. The fourth-order valence-electron chi connectivity index (χ4n) is 3.60. The molecule has 1 amide bonds. The third-order valence-electron chi connectivity index (χ3n) is 5.19. The minimum absolute atomic E-state index is 0.0369. The van der Waals surface area contributed by atoms with E-state index in [-0.39, 0.29) is 11.6 Å². The summed E-state index contributed by atoms with van der Waals surface area (Å²) in [5, 5.41) is 11.7. The molecular formula is C22H22N4O3S. The van der Waals surface area contributed by atoms with Crippen LogP contribution < -0.4 is 4.90 Å². The van der Waals surface area contributed by atoms with Gasteiger partial charge in [-0.05, 0) is 54.8 Å². The molecule has 0 bridgehead atoms. The second-order valence-electron chi connectivity index (χ2n) is 7.42. The van der Waals surface area contributed by atoms with E-state index in [9.17, 15) is 14.9 Å². The summed E-state index contributed by atoms with van der Waals surface area (Å²) >= 11 is 1.71. The molecule has 3 aromatic rings. The number of nitro groups is 1. The van der Waals surface area contributed by atoms with Crippen LogP contribution in [0.4, 0.5) is 10.8 Å². The summed E-state index contributed by atoms with van der Waals surface area (Å²) < 4.78 is 1.22. The van der Waals surface area contributed by atoms with Crippen LogP contribution in [0.25, 0.3) is 16.3 Å². The van der Waals surface area contributed by atoms with Crippen LogP contribution in [0.15, 0.2) is 42.5 Å². The van der Waals surface area contributed by atoms with E-state index in [1.165, 1.54) is 34.0 Å². The summed E-state index contributed by atoms with van der Waals surface area (Å²) in [5.41, 5.74) is 4.30. The summed E-state index contributed by atoms with van der Waals surface area (Å²) in [6.45, 7) is 6.96. The lowest BCUT2D eigenvalue weighted by atomic mass is 10.1. The molecule has 0 aliphatic carbocycles. The number of rotatable bonds is 4. The van der Waals surface area contributed by atoms with Gasteiger partial charge in [0.1, 0.15) is 0 Å². The molecule has 1 aliphatic rings. The first kappa shape index (κ1) is 20.0. The van der Waals surface area contributed by atoms with Crippen LogP contribution in [0.1, 0.15) is 16.7 Å². The van der Waals surface area contributed by atoms with Crippen molar-refractivity contribution >= 4 is 44.4 Å². The summed E-state index contributed by atoms with van der Waals surface area (Å²) in [6, 6.07) is 10.4. The monoisotopic (exact) mass is 422 g/mol. The lowest BCUT2D eigenvalue weighted by Crippen LogP contribution is -2.48. The molecule has 1 fully saturated rings. The van der Waals surface area contributed by atoms with Gasteiger partial charge in [0.2, 0.25) is 5.91 Å². The summed E-state index contributed by atoms with van der Waals surface area (Å²) in [6.07, 6.45) is 3.22. The number of fused-ring (bicyclic) bond motifs is 1. The van der Waals surface area contributed by atoms with Crippen molar-refractivity contribution in [3.63, 3.8) is 0 Å². The number of thiazole rings is 1. The zero-order valence-corrected chi connectivity index (χ0v) is 17.7. The summed E-state index contributed by atoms with van der Waals surface area (Å²) in [5.74, 6) is -0.0521. The molecule has 0 unspecified atom stereocenters. The molecule has 0 radical (unpaired) electrons. The van der Waals surface area contributed by atoms with Gasteiger partial charge in [-0.3, -0.25) is 14.9 Å². The fourth-order valence-corrected chi connectivity index (χ4v) is 4.67. The molecule has 8 heteroatoms. The molecule has 2 aromatic carbocycles. The average Bonchev–Trinajstić information content (AvgIpc) is 3.17. The number of piperazine rings is 1. The Morgan fingerprint density at radius 2 is 1.83 bits per heavy atom. The van der Waals surface area contributed by atoms with E-state index in [1.807, 2.05) is 4.90 Å². The van der Waals surface area contributed by atoms with Crippen molar-refractivity contribution in [2.75, 3.05) is 31.1 Å². The Morgan fingerprint density at radius 1 is 1.13 bits per heavy atom. The van der Waals surface area contributed by atoms with Crippen LogP contribution in [-0.2, 0) is 4.79 Å². The number of non-ortho nitro benzene ring substituents is 1. The van der Waals surface area contributed by atoms with Crippen molar-refractivity contribution in [1.82, 2.24) is 9.88 Å². The van der Waals surface area contributed by atoms with Crippen LogP contribution in [-0.4, -0.2) is 46.9 Å². The first-order chi connectivity index (χ1) is 14.4. The maximum absolute atomic E-state index is 12.5. The highest BCUT2D eigenvalue weighted by molar-refractivity contribution is 7.22. The number of benzene rings is 2. The lowest BCUT2D eigenvalue weighted by molar-refractivity contribution is -0.384. The van der Waals surface area contributed by atoms with Crippen molar-refractivity contribution < 1.29 is 9.72 Å². The normalized spacial score (nSPS) is 14.6. The highest BCUT2D eigenvalue weighted by atomic mass is 32.1. The third-order valence-corrected chi connectivity index (χ3v) is 6.46. The molecule has 1 aromatic heterocycles. The van der Waals surface area contributed by atoms with E-state index in [0.29, 0.717) is 13.1 Å².